The molecule has 6 aromatic carbocycles. The topological polar surface area (TPSA) is 3.24 Å². The largest absolute Gasteiger partial charge is 0.338 e. The molecule has 1 fully saturated rings. The summed E-state index contributed by atoms with van der Waals surface area (Å²) in [5.74, 6) is 0.571. The lowest BCUT2D eigenvalue weighted by Crippen LogP contribution is -2.26. The van der Waals surface area contributed by atoms with Crippen molar-refractivity contribution in [3.63, 3.8) is 0 Å². The van der Waals surface area contributed by atoms with Crippen molar-refractivity contribution in [2.24, 2.45) is 0 Å². The fourth-order valence-corrected chi connectivity index (χ4v) is 7.75. The molecular weight excluding hydrogens is 591 g/mol. The highest BCUT2D eigenvalue weighted by Gasteiger charge is 2.42. The average Bonchev–Trinajstić information content (AvgIpc) is 3.76. The molecule has 49 heavy (non-hydrogen) atoms. The Labute approximate surface area is 291 Å². The summed E-state index contributed by atoms with van der Waals surface area (Å²) in [4.78, 5) is 2.62. The van der Waals surface area contributed by atoms with Gasteiger partial charge in [0.25, 0.3) is 0 Å². The van der Waals surface area contributed by atoms with Gasteiger partial charge in [-0.3, -0.25) is 0 Å². The predicted octanol–water partition coefficient (Wildman–Crippen LogP) is 12.5. The van der Waals surface area contributed by atoms with E-state index < -0.39 is 0 Å². The zero-order valence-electron chi connectivity index (χ0n) is 28.0. The second-order valence-corrected chi connectivity index (χ2v) is 13.3. The van der Waals surface area contributed by atoms with Crippen molar-refractivity contribution in [3.05, 3.63) is 214 Å². The molecule has 1 aliphatic carbocycles. The number of hydrogen-bond acceptors (Lipinski definition) is 1. The standard InChI is InChI=1S/C48H41N/c1-35-23-28-41(29-24-35)45(40-18-9-4-10-19-40)33-37-27-32-48-46(34-37)44-21-12-22-47(44)49(48)42-30-25-36(26-31-42)13-11-20-43(38-14-5-2-6-15-38)39-16-7-3-8-17-39/h2-11,13-20,23-34,44,47H,12,21-22H2,1H3. The van der Waals surface area contributed by atoms with Crippen LogP contribution in [0.5, 0.6) is 0 Å². The lowest BCUT2D eigenvalue weighted by atomic mass is 9.92. The van der Waals surface area contributed by atoms with Gasteiger partial charge in [-0.05, 0) is 100 Å². The van der Waals surface area contributed by atoms with Gasteiger partial charge in [0.1, 0.15) is 0 Å². The Morgan fingerprint density at radius 1 is 0.571 bits per heavy atom. The molecule has 0 amide bonds. The maximum absolute atomic E-state index is 2.62. The molecule has 8 rings (SSSR count). The normalized spacial score (nSPS) is 16.8. The third-order valence-corrected chi connectivity index (χ3v) is 10.2. The third-order valence-electron chi connectivity index (χ3n) is 10.2. The Morgan fingerprint density at radius 3 is 1.78 bits per heavy atom. The predicted molar refractivity (Wildman–Crippen MR) is 209 cm³/mol. The molecule has 2 atom stereocenters. The smallest absolute Gasteiger partial charge is 0.0450 e. The van der Waals surface area contributed by atoms with Crippen molar-refractivity contribution >= 4 is 34.7 Å². The molecule has 2 aliphatic rings. The van der Waals surface area contributed by atoms with Crippen LogP contribution in [0.25, 0.3) is 23.3 Å². The minimum Gasteiger partial charge on any atom is -0.338 e. The summed E-state index contributed by atoms with van der Waals surface area (Å²) < 4.78 is 0. The third kappa shape index (κ3) is 6.45. The maximum atomic E-state index is 2.62. The van der Waals surface area contributed by atoms with E-state index in [0.29, 0.717) is 12.0 Å². The first-order valence-corrected chi connectivity index (χ1v) is 17.6. The lowest BCUT2D eigenvalue weighted by molar-refractivity contribution is 0.642. The zero-order valence-corrected chi connectivity index (χ0v) is 28.0. The number of allylic oxidation sites excluding steroid dienone is 2. The summed E-state index contributed by atoms with van der Waals surface area (Å²) in [6.07, 6.45) is 12.8. The van der Waals surface area contributed by atoms with Crippen molar-refractivity contribution in [1.29, 1.82) is 0 Å². The molecule has 0 aromatic heterocycles. The van der Waals surface area contributed by atoms with E-state index in [4.69, 9.17) is 0 Å². The molecule has 0 saturated heterocycles. The van der Waals surface area contributed by atoms with Crippen LogP contribution >= 0.6 is 0 Å². The van der Waals surface area contributed by atoms with Gasteiger partial charge in [-0.2, -0.15) is 0 Å². The van der Waals surface area contributed by atoms with Gasteiger partial charge in [-0.15, -0.1) is 0 Å². The van der Waals surface area contributed by atoms with E-state index in [2.05, 4.69) is 194 Å². The van der Waals surface area contributed by atoms with Crippen LogP contribution in [0.2, 0.25) is 0 Å². The van der Waals surface area contributed by atoms with Crippen LogP contribution in [0.1, 0.15) is 69.7 Å². The highest BCUT2D eigenvalue weighted by molar-refractivity contribution is 5.92. The first kappa shape index (κ1) is 30.7. The Morgan fingerprint density at radius 2 is 1.14 bits per heavy atom. The molecule has 238 valence electrons. The Kier molecular flexibility index (Phi) is 8.65. The molecule has 0 spiro atoms. The number of benzene rings is 6. The monoisotopic (exact) mass is 631 g/mol. The summed E-state index contributed by atoms with van der Waals surface area (Å²) in [6.45, 7) is 2.15. The number of hydrogen-bond donors (Lipinski definition) is 0. The number of anilines is 2. The molecule has 1 nitrogen and oxygen atoms in total. The van der Waals surface area contributed by atoms with Gasteiger partial charge in [0.2, 0.25) is 0 Å². The average molecular weight is 632 g/mol. The van der Waals surface area contributed by atoms with Gasteiger partial charge in [0.05, 0.1) is 0 Å². The minimum atomic E-state index is 0.517. The van der Waals surface area contributed by atoms with Crippen LogP contribution in [0.3, 0.4) is 0 Å². The molecule has 2 unspecified atom stereocenters. The molecule has 1 saturated carbocycles. The number of aryl methyl sites for hydroxylation is 1. The van der Waals surface area contributed by atoms with Gasteiger partial charge in [0, 0.05) is 23.3 Å². The van der Waals surface area contributed by atoms with Crippen molar-refractivity contribution < 1.29 is 0 Å². The van der Waals surface area contributed by atoms with E-state index in [1.165, 1.54) is 86.3 Å². The Balaban J connectivity index is 1.08. The van der Waals surface area contributed by atoms with E-state index in [-0.39, 0.29) is 0 Å². The van der Waals surface area contributed by atoms with E-state index in [0.717, 1.165) is 0 Å². The van der Waals surface area contributed by atoms with Crippen molar-refractivity contribution in [3.8, 4) is 0 Å². The van der Waals surface area contributed by atoms with Gasteiger partial charge < -0.3 is 4.90 Å². The van der Waals surface area contributed by atoms with E-state index >= 15 is 0 Å². The zero-order chi connectivity index (χ0) is 33.0. The molecule has 1 heterocycles. The fraction of sp³-hybridized carbons (Fsp3) is 0.125. The molecule has 0 N–H and O–H groups in total. The quantitative estimate of drug-likeness (QED) is 0.119. The van der Waals surface area contributed by atoms with Gasteiger partial charge in [-0.1, -0.05) is 164 Å². The van der Waals surface area contributed by atoms with E-state index in [1.54, 1.807) is 0 Å². The molecule has 0 bridgehead atoms. The lowest BCUT2D eigenvalue weighted by Gasteiger charge is -2.27. The number of rotatable bonds is 8. The SMILES string of the molecule is Cc1ccc(C(=Cc2ccc3c(c2)C2CCCC2N3c2ccc(C=CC=C(c3ccccc3)c3ccccc3)cc2)c2ccccc2)cc1. The van der Waals surface area contributed by atoms with Crippen LogP contribution in [0.15, 0.2) is 170 Å². The van der Waals surface area contributed by atoms with Crippen LogP contribution in [-0.2, 0) is 0 Å². The second-order valence-electron chi connectivity index (χ2n) is 13.3. The van der Waals surface area contributed by atoms with Crippen LogP contribution < -0.4 is 4.90 Å². The van der Waals surface area contributed by atoms with Crippen molar-refractivity contribution in [2.45, 2.75) is 38.1 Å². The van der Waals surface area contributed by atoms with Gasteiger partial charge in [-0.25, -0.2) is 0 Å². The second kappa shape index (κ2) is 13.8. The summed E-state index contributed by atoms with van der Waals surface area (Å²) in [5, 5.41) is 0. The van der Waals surface area contributed by atoms with Gasteiger partial charge in [0.15, 0.2) is 0 Å². The maximum Gasteiger partial charge on any atom is 0.0450 e. The summed E-state index contributed by atoms with van der Waals surface area (Å²) in [5.41, 5.74) is 15.3. The number of nitrogens with zero attached hydrogens (tertiary/aromatic N) is 1. The van der Waals surface area contributed by atoms with Crippen LogP contribution in [0, 0.1) is 6.92 Å². The summed E-state index contributed by atoms with van der Waals surface area (Å²) >= 11 is 0. The van der Waals surface area contributed by atoms with Crippen molar-refractivity contribution in [1.82, 2.24) is 0 Å². The molecule has 1 heteroatoms. The Hall–Kier alpha value is -5.66. The summed E-state index contributed by atoms with van der Waals surface area (Å²) in [7, 11) is 0. The summed E-state index contributed by atoms with van der Waals surface area (Å²) in [6, 6.07) is 57.8. The highest BCUT2D eigenvalue weighted by Crippen LogP contribution is 2.52. The first-order chi connectivity index (χ1) is 24.2. The van der Waals surface area contributed by atoms with E-state index in [1.807, 2.05) is 0 Å². The molecule has 1 aliphatic heterocycles. The fourth-order valence-electron chi connectivity index (χ4n) is 7.75. The molecule has 6 aromatic rings. The Bertz CT molecular complexity index is 2080. The molecular formula is C48H41N. The minimum absolute atomic E-state index is 0.517. The molecule has 0 radical (unpaired) electrons. The first-order valence-electron chi connectivity index (χ1n) is 17.6. The highest BCUT2D eigenvalue weighted by atomic mass is 15.2. The van der Waals surface area contributed by atoms with Crippen LogP contribution in [0.4, 0.5) is 11.4 Å². The van der Waals surface area contributed by atoms with Gasteiger partial charge >= 0.3 is 0 Å². The van der Waals surface area contributed by atoms with Crippen molar-refractivity contribution in [2.75, 3.05) is 4.90 Å². The number of fused-ring (bicyclic) bond motifs is 3. The van der Waals surface area contributed by atoms with E-state index in [9.17, 15) is 0 Å². The van der Waals surface area contributed by atoms with Crippen LogP contribution in [-0.4, -0.2) is 6.04 Å².